The predicted octanol–water partition coefficient (Wildman–Crippen LogP) is 3.56. The van der Waals surface area contributed by atoms with Gasteiger partial charge in [0.15, 0.2) is 0 Å². The lowest BCUT2D eigenvalue weighted by molar-refractivity contribution is -0.120. The molecule has 0 saturated carbocycles. The van der Waals surface area contributed by atoms with Gasteiger partial charge in [0, 0.05) is 17.6 Å². The molecule has 2 aromatic carbocycles. The lowest BCUT2D eigenvalue weighted by Crippen LogP contribution is -2.42. The highest BCUT2D eigenvalue weighted by molar-refractivity contribution is 9.10. The molecule has 4 nitrogen and oxygen atoms in total. The summed E-state index contributed by atoms with van der Waals surface area (Å²) in [4.78, 5) is 14.5. The number of nitrogens with one attached hydrogen (secondary N) is 2. The van der Waals surface area contributed by atoms with Crippen LogP contribution in [0.5, 0.6) is 0 Å². The van der Waals surface area contributed by atoms with E-state index in [1.807, 2.05) is 55.5 Å². The first-order valence-corrected chi connectivity index (χ1v) is 8.55. The van der Waals surface area contributed by atoms with Gasteiger partial charge in [0.2, 0.25) is 5.91 Å². The van der Waals surface area contributed by atoms with Crippen LogP contribution in [0.3, 0.4) is 0 Å². The summed E-state index contributed by atoms with van der Waals surface area (Å²) in [6.45, 7) is 4.07. The van der Waals surface area contributed by atoms with Crippen molar-refractivity contribution in [2.24, 2.45) is 0 Å². The molecule has 3 rings (SSSR count). The summed E-state index contributed by atoms with van der Waals surface area (Å²) in [5.74, 6) is 0.0390. The summed E-state index contributed by atoms with van der Waals surface area (Å²) in [5, 5.41) is 6.44. The van der Waals surface area contributed by atoms with Crippen LogP contribution < -0.4 is 15.5 Å². The van der Waals surface area contributed by atoms with Crippen molar-refractivity contribution in [1.29, 1.82) is 0 Å². The molecule has 1 aliphatic rings. The maximum absolute atomic E-state index is 12.4. The number of anilines is 2. The Morgan fingerprint density at radius 2 is 2.00 bits per heavy atom. The summed E-state index contributed by atoms with van der Waals surface area (Å²) in [6, 6.07) is 16.1. The highest BCUT2D eigenvalue weighted by Gasteiger charge is 2.19. The molecule has 1 amide bonds. The Morgan fingerprint density at radius 3 is 2.78 bits per heavy atom. The number of para-hydroxylation sites is 2. The maximum atomic E-state index is 12.4. The molecular formula is C18H20BrN3O. The number of carbonyl (C=O) groups excluding carboxylic acids is 1. The van der Waals surface area contributed by atoms with Crippen LogP contribution in [-0.4, -0.2) is 25.5 Å². The van der Waals surface area contributed by atoms with Crippen LogP contribution in [0, 0.1) is 0 Å². The molecular weight excluding hydrogens is 354 g/mol. The predicted molar refractivity (Wildman–Crippen MR) is 97.8 cm³/mol. The Morgan fingerprint density at radius 1 is 1.26 bits per heavy atom. The molecule has 2 N–H and O–H groups in total. The van der Waals surface area contributed by atoms with Crippen molar-refractivity contribution in [3.8, 4) is 0 Å². The zero-order chi connectivity index (χ0) is 16.2. The van der Waals surface area contributed by atoms with Crippen LogP contribution in [0.2, 0.25) is 0 Å². The van der Waals surface area contributed by atoms with Crippen molar-refractivity contribution in [2.75, 3.05) is 29.9 Å². The van der Waals surface area contributed by atoms with Gasteiger partial charge in [-0.05, 0) is 36.8 Å². The number of fused-ring (bicyclic) bond motifs is 1. The molecule has 0 bridgehead atoms. The highest BCUT2D eigenvalue weighted by Crippen LogP contribution is 2.28. The highest BCUT2D eigenvalue weighted by atomic mass is 79.9. The molecule has 1 heterocycles. The van der Waals surface area contributed by atoms with Crippen molar-refractivity contribution in [3.05, 3.63) is 58.6 Å². The van der Waals surface area contributed by atoms with E-state index in [-0.39, 0.29) is 11.9 Å². The smallest absolute Gasteiger partial charge is 0.239 e. The number of amides is 1. The van der Waals surface area contributed by atoms with Gasteiger partial charge < -0.3 is 15.5 Å². The van der Waals surface area contributed by atoms with Crippen molar-refractivity contribution in [1.82, 2.24) is 5.32 Å². The van der Waals surface area contributed by atoms with Crippen LogP contribution in [0.1, 0.15) is 18.5 Å². The average Bonchev–Trinajstić information content (AvgIpc) is 2.55. The molecule has 1 atom stereocenters. The molecule has 5 heteroatoms. The zero-order valence-corrected chi connectivity index (χ0v) is 14.6. The summed E-state index contributed by atoms with van der Waals surface area (Å²) < 4.78 is 1.04. The SMILES string of the molecule is CC(NC(=O)CN1CCNc2ccccc21)c1ccc(Br)cc1. The minimum absolute atomic E-state index is 0.00578. The number of nitrogens with zero attached hydrogens (tertiary/aromatic N) is 1. The van der Waals surface area contributed by atoms with E-state index in [2.05, 4.69) is 31.5 Å². The molecule has 23 heavy (non-hydrogen) atoms. The van der Waals surface area contributed by atoms with E-state index in [1.165, 1.54) is 0 Å². The number of halogens is 1. The summed E-state index contributed by atoms with van der Waals surface area (Å²) in [5.41, 5.74) is 3.28. The van der Waals surface area contributed by atoms with Gasteiger partial charge >= 0.3 is 0 Å². The fraction of sp³-hybridized carbons (Fsp3) is 0.278. The quantitative estimate of drug-likeness (QED) is 0.860. The first kappa shape index (κ1) is 15.9. The number of rotatable bonds is 4. The van der Waals surface area contributed by atoms with Crippen LogP contribution in [0.25, 0.3) is 0 Å². The van der Waals surface area contributed by atoms with Crippen molar-refractivity contribution < 1.29 is 4.79 Å². The van der Waals surface area contributed by atoms with E-state index < -0.39 is 0 Å². The third kappa shape index (κ3) is 3.85. The zero-order valence-electron chi connectivity index (χ0n) is 13.1. The normalized spacial score (nSPS) is 14.6. The Bertz CT molecular complexity index is 687. The fourth-order valence-corrected chi connectivity index (χ4v) is 3.07. The van der Waals surface area contributed by atoms with Gasteiger partial charge in [0.1, 0.15) is 0 Å². The van der Waals surface area contributed by atoms with E-state index in [0.29, 0.717) is 6.54 Å². The fourth-order valence-electron chi connectivity index (χ4n) is 2.80. The minimum atomic E-state index is -0.00578. The Balaban J connectivity index is 1.63. The number of benzene rings is 2. The lowest BCUT2D eigenvalue weighted by atomic mass is 10.1. The maximum Gasteiger partial charge on any atom is 0.239 e. The number of hydrogen-bond acceptors (Lipinski definition) is 3. The van der Waals surface area contributed by atoms with E-state index in [9.17, 15) is 4.79 Å². The van der Waals surface area contributed by atoms with Gasteiger partial charge in [-0.15, -0.1) is 0 Å². The number of carbonyl (C=O) groups is 1. The summed E-state index contributed by atoms with van der Waals surface area (Å²) in [7, 11) is 0. The molecule has 0 radical (unpaired) electrons. The summed E-state index contributed by atoms with van der Waals surface area (Å²) in [6.07, 6.45) is 0. The van der Waals surface area contributed by atoms with Crippen LogP contribution in [0.4, 0.5) is 11.4 Å². The van der Waals surface area contributed by atoms with Gasteiger partial charge in [-0.25, -0.2) is 0 Å². The van der Waals surface area contributed by atoms with E-state index in [4.69, 9.17) is 0 Å². The van der Waals surface area contributed by atoms with Crippen LogP contribution >= 0.6 is 15.9 Å². The average molecular weight is 374 g/mol. The van der Waals surface area contributed by atoms with E-state index in [0.717, 1.165) is 34.5 Å². The van der Waals surface area contributed by atoms with Gasteiger partial charge in [0.05, 0.1) is 24.0 Å². The second kappa shape index (κ2) is 7.04. The Kier molecular flexibility index (Phi) is 4.86. The molecule has 0 saturated heterocycles. The second-order valence-electron chi connectivity index (χ2n) is 5.71. The molecule has 2 aromatic rings. The van der Waals surface area contributed by atoms with Crippen molar-refractivity contribution in [2.45, 2.75) is 13.0 Å². The molecule has 0 aromatic heterocycles. The Hall–Kier alpha value is -2.01. The minimum Gasteiger partial charge on any atom is -0.382 e. The standard InChI is InChI=1S/C18H20BrN3O/c1-13(14-6-8-15(19)9-7-14)21-18(23)12-22-11-10-20-16-4-2-3-5-17(16)22/h2-9,13,20H,10-12H2,1H3,(H,21,23). The van der Waals surface area contributed by atoms with E-state index >= 15 is 0 Å². The first-order chi connectivity index (χ1) is 11.1. The first-order valence-electron chi connectivity index (χ1n) is 7.76. The van der Waals surface area contributed by atoms with Gasteiger partial charge in [-0.2, -0.15) is 0 Å². The van der Waals surface area contributed by atoms with Gasteiger partial charge in [0.25, 0.3) is 0 Å². The molecule has 0 aliphatic carbocycles. The van der Waals surface area contributed by atoms with Gasteiger partial charge in [-0.1, -0.05) is 40.2 Å². The third-order valence-corrected chi connectivity index (χ3v) is 4.55. The van der Waals surface area contributed by atoms with Crippen molar-refractivity contribution in [3.63, 3.8) is 0 Å². The van der Waals surface area contributed by atoms with Crippen LogP contribution in [0.15, 0.2) is 53.0 Å². The van der Waals surface area contributed by atoms with E-state index in [1.54, 1.807) is 0 Å². The third-order valence-electron chi connectivity index (χ3n) is 4.02. The monoisotopic (exact) mass is 373 g/mol. The number of hydrogen-bond donors (Lipinski definition) is 2. The topological polar surface area (TPSA) is 44.4 Å². The molecule has 1 aliphatic heterocycles. The van der Waals surface area contributed by atoms with Crippen molar-refractivity contribution >= 4 is 33.2 Å². The Labute approximate surface area is 145 Å². The summed E-state index contributed by atoms with van der Waals surface area (Å²) >= 11 is 3.43. The molecule has 0 fully saturated rings. The van der Waals surface area contributed by atoms with Gasteiger partial charge in [-0.3, -0.25) is 4.79 Å². The molecule has 120 valence electrons. The largest absolute Gasteiger partial charge is 0.382 e. The molecule has 1 unspecified atom stereocenters. The molecule has 0 spiro atoms. The second-order valence-corrected chi connectivity index (χ2v) is 6.62. The van der Waals surface area contributed by atoms with Crippen LogP contribution in [-0.2, 0) is 4.79 Å². The lowest BCUT2D eigenvalue weighted by Gasteiger charge is -2.31.